The van der Waals surface area contributed by atoms with E-state index in [9.17, 15) is 9.59 Å². The van der Waals surface area contributed by atoms with Gasteiger partial charge in [0.05, 0.1) is 12.2 Å². The molecule has 5 heteroatoms. The van der Waals surface area contributed by atoms with E-state index >= 15 is 0 Å². The molecule has 1 aromatic rings. The molecule has 1 aliphatic heterocycles. The highest BCUT2D eigenvalue weighted by Crippen LogP contribution is 2.28. The van der Waals surface area contributed by atoms with Gasteiger partial charge in [-0.05, 0) is 39.8 Å². The number of benzene rings is 1. The zero-order chi connectivity index (χ0) is 17.7. The highest BCUT2D eigenvalue weighted by Gasteiger charge is 2.23. The molecular formula is C19H22O5. The van der Waals surface area contributed by atoms with Gasteiger partial charge < -0.3 is 14.2 Å². The van der Waals surface area contributed by atoms with Crippen molar-refractivity contribution in [3.8, 4) is 5.75 Å². The zero-order valence-corrected chi connectivity index (χ0v) is 14.4. The summed E-state index contributed by atoms with van der Waals surface area (Å²) in [5, 5.41) is 0. The molecule has 1 aromatic carbocycles. The minimum atomic E-state index is -0.615. The molecule has 1 aliphatic rings. The second-order valence-electron chi connectivity index (χ2n) is 6.31. The van der Waals surface area contributed by atoms with Crippen molar-refractivity contribution in [2.75, 3.05) is 13.2 Å². The van der Waals surface area contributed by atoms with Crippen LogP contribution < -0.4 is 4.74 Å². The van der Waals surface area contributed by atoms with E-state index in [1.807, 2.05) is 24.3 Å². The van der Waals surface area contributed by atoms with Gasteiger partial charge in [0.15, 0.2) is 0 Å². The van der Waals surface area contributed by atoms with E-state index in [1.165, 1.54) is 6.08 Å². The summed E-state index contributed by atoms with van der Waals surface area (Å²) in [5.41, 5.74) is 0.871. The molecule has 5 nitrogen and oxygen atoms in total. The Hall–Kier alpha value is -2.56. The predicted octanol–water partition coefficient (Wildman–Crippen LogP) is 3.29. The summed E-state index contributed by atoms with van der Waals surface area (Å²) < 4.78 is 16.1. The Labute approximate surface area is 141 Å². The van der Waals surface area contributed by atoms with E-state index in [-0.39, 0.29) is 13.2 Å². The number of para-hydroxylation sites is 1. The first-order valence-corrected chi connectivity index (χ1v) is 7.84. The Morgan fingerprint density at radius 3 is 2.62 bits per heavy atom. The van der Waals surface area contributed by atoms with Crippen molar-refractivity contribution in [1.29, 1.82) is 0 Å². The van der Waals surface area contributed by atoms with Crippen LogP contribution in [-0.4, -0.2) is 30.8 Å². The molecule has 0 N–H and O–H groups in total. The van der Waals surface area contributed by atoms with Crippen LogP contribution in [0.15, 0.2) is 41.5 Å². The second-order valence-corrected chi connectivity index (χ2v) is 6.31. The van der Waals surface area contributed by atoms with Crippen molar-refractivity contribution < 1.29 is 23.8 Å². The van der Waals surface area contributed by atoms with Crippen LogP contribution in [0.3, 0.4) is 0 Å². The third kappa shape index (κ3) is 4.72. The molecule has 0 saturated carbocycles. The zero-order valence-electron chi connectivity index (χ0n) is 14.4. The first kappa shape index (κ1) is 17.8. The highest BCUT2D eigenvalue weighted by atomic mass is 16.6. The molecule has 2 rings (SSSR count). The molecular weight excluding hydrogens is 308 g/mol. The maximum absolute atomic E-state index is 12.3. The quantitative estimate of drug-likeness (QED) is 0.628. The van der Waals surface area contributed by atoms with Crippen LogP contribution >= 0.6 is 0 Å². The number of carbonyl (C=O) groups excluding carboxylic acids is 2. The largest absolute Gasteiger partial charge is 0.488 e. The third-order valence-corrected chi connectivity index (χ3v) is 3.14. The van der Waals surface area contributed by atoms with Crippen molar-refractivity contribution in [3.05, 3.63) is 47.1 Å². The lowest BCUT2D eigenvalue weighted by molar-refractivity contribution is -0.148. The molecule has 0 radical (unpaired) electrons. The van der Waals surface area contributed by atoms with Crippen molar-refractivity contribution in [2.45, 2.75) is 33.3 Å². The standard InChI is InChI=1S/C19H22O5/c1-5-22-18(21)15-10-13-8-6-7-9-16(13)23-12-14(15)11-17(20)24-19(2,3)4/h6-11H,5,12H2,1-4H3/b14-11+. The predicted molar refractivity (Wildman–Crippen MR) is 90.5 cm³/mol. The SMILES string of the molecule is CCOC(=O)C1=Cc2ccccc2OC/C1=C\C(=O)OC(C)(C)C. The van der Waals surface area contributed by atoms with Gasteiger partial charge in [0.2, 0.25) is 0 Å². The third-order valence-electron chi connectivity index (χ3n) is 3.14. The van der Waals surface area contributed by atoms with E-state index < -0.39 is 17.5 Å². The van der Waals surface area contributed by atoms with Gasteiger partial charge in [0.25, 0.3) is 0 Å². The maximum atomic E-state index is 12.3. The molecule has 128 valence electrons. The van der Waals surface area contributed by atoms with Gasteiger partial charge in [-0.15, -0.1) is 0 Å². The summed E-state index contributed by atoms with van der Waals surface area (Å²) >= 11 is 0. The molecule has 0 saturated heterocycles. The van der Waals surface area contributed by atoms with E-state index in [4.69, 9.17) is 14.2 Å². The van der Waals surface area contributed by atoms with Crippen LogP contribution in [0, 0.1) is 0 Å². The van der Waals surface area contributed by atoms with Crippen LogP contribution in [0.2, 0.25) is 0 Å². The fraction of sp³-hybridized carbons (Fsp3) is 0.368. The van der Waals surface area contributed by atoms with Gasteiger partial charge in [-0.1, -0.05) is 18.2 Å². The summed E-state index contributed by atoms with van der Waals surface area (Å²) in [6.07, 6.45) is 2.97. The van der Waals surface area contributed by atoms with Crippen molar-refractivity contribution in [3.63, 3.8) is 0 Å². The fourth-order valence-corrected chi connectivity index (χ4v) is 2.20. The topological polar surface area (TPSA) is 61.8 Å². The molecule has 0 aliphatic carbocycles. The van der Waals surface area contributed by atoms with Crippen molar-refractivity contribution in [2.24, 2.45) is 0 Å². The summed E-state index contributed by atoms with van der Waals surface area (Å²) in [6, 6.07) is 7.35. The van der Waals surface area contributed by atoms with Crippen LogP contribution in [0.25, 0.3) is 6.08 Å². The lowest BCUT2D eigenvalue weighted by atomic mass is 10.0. The Morgan fingerprint density at radius 2 is 1.96 bits per heavy atom. The molecule has 0 bridgehead atoms. The molecule has 0 aromatic heterocycles. The normalized spacial score (nSPS) is 15.7. The maximum Gasteiger partial charge on any atom is 0.338 e. The molecule has 24 heavy (non-hydrogen) atoms. The van der Waals surface area contributed by atoms with E-state index in [0.717, 1.165) is 5.56 Å². The van der Waals surface area contributed by atoms with Crippen LogP contribution in [0.5, 0.6) is 5.75 Å². The van der Waals surface area contributed by atoms with Gasteiger partial charge >= 0.3 is 11.9 Å². The number of ether oxygens (including phenoxy) is 3. The number of esters is 2. The Kier molecular flexibility index (Phi) is 5.44. The molecule has 1 heterocycles. The molecule has 0 fully saturated rings. The second kappa shape index (κ2) is 7.34. The van der Waals surface area contributed by atoms with Gasteiger partial charge in [-0.3, -0.25) is 0 Å². The van der Waals surface area contributed by atoms with Gasteiger partial charge in [-0.25, -0.2) is 9.59 Å². The van der Waals surface area contributed by atoms with E-state index in [0.29, 0.717) is 16.9 Å². The summed E-state index contributed by atoms with van der Waals surface area (Å²) in [6.45, 7) is 7.41. The molecule has 0 unspecified atom stereocenters. The first-order valence-electron chi connectivity index (χ1n) is 7.84. The fourth-order valence-electron chi connectivity index (χ4n) is 2.20. The number of hydrogen-bond acceptors (Lipinski definition) is 5. The van der Waals surface area contributed by atoms with Crippen molar-refractivity contribution in [1.82, 2.24) is 0 Å². The number of carbonyl (C=O) groups is 2. The monoisotopic (exact) mass is 330 g/mol. The lowest BCUT2D eigenvalue weighted by Crippen LogP contribution is -2.23. The van der Waals surface area contributed by atoms with Gasteiger partial charge in [-0.2, -0.15) is 0 Å². The Bertz CT molecular complexity index is 692. The highest BCUT2D eigenvalue weighted by molar-refractivity contribution is 6.01. The average Bonchev–Trinajstić information content (AvgIpc) is 2.66. The lowest BCUT2D eigenvalue weighted by Gasteiger charge is -2.18. The van der Waals surface area contributed by atoms with Gasteiger partial charge in [0.1, 0.15) is 18.0 Å². The van der Waals surface area contributed by atoms with Crippen LogP contribution in [-0.2, 0) is 19.1 Å². The molecule has 0 amide bonds. The summed E-state index contributed by atoms with van der Waals surface area (Å²) in [7, 11) is 0. The number of rotatable bonds is 3. The molecule has 0 spiro atoms. The van der Waals surface area contributed by atoms with E-state index in [2.05, 4.69) is 0 Å². The van der Waals surface area contributed by atoms with E-state index in [1.54, 1.807) is 33.8 Å². The number of fused-ring (bicyclic) bond motifs is 1. The van der Waals surface area contributed by atoms with Gasteiger partial charge in [0, 0.05) is 17.2 Å². The minimum absolute atomic E-state index is 0.0842. The first-order chi connectivity index (χ1) is 11.3. The minimum Gasteiger partial charge on any atom is -0.488 e. The summed E-state index contributed by atoms with van der Waals surface area (Å²) in [5.74, 6) is -0.373. The Balaban J connectivity index is 2.39. The van der Waals surface area contributed by atoms with Crippen LogP contribution in [0.4, 0.5) is 0 Å². The number of hydrogen-bond donors (Lipinski definition) is 0. The smallest absolute Gasteiger partial charge is 0.338 e. The average molecular weight is 330 g/mol. The molecule has 0 atom stereocenters. The summed E-state index contributed by atoms with van der Waals surface area (Å²) in [4.78, 5) is 24.4. The Morgan fingerprint density at radius 1 is 1.25 bits per heavy atom. The van der Waals surface area contributed by atoms with Crippen LogP contribution in [0.1, 0.15) is 33.3 Å². The van der Waals surface area contributed by atoms with Crippen molar-refractivity contribution >= 4 is 18.0 Å².